The molecular formula is C17H13FN2OS. The molecule has 2 aromatic heterocycles. The second kappa shape index (κ2) is 6.07. The number of benzene rings is 1. The molecule has 0 aliphatic heterocycles. The number of nitrogens with zero attached hydrogens (tertiary/aromatic N) is 2. The van der Waals surface area contributed by atoms with Gasteiger partial charge in [-0.1, -0.05) is 12.1 Å². The fourth-order valence-electron chi connectivity index (χ4n) is 2.01. The molecule has 5 heteroatoms. The maximum atomic E-state index is 12.9. The van der Waals surface area contributed by atoms with Crippen LogP contribution in [0.2, 0.25) is 0 Å². The van der Waals surface area contributed by atoms with Gasteiger partial charge in [-0.25, -0.2) is 4.39 Å². The number of carbonyl (C=O) groups excluding carboxylic acids is 1. The highest BCUT2D eigenvalue weighted by Crippen LogP contribution is 2.29. The van der Waals surface area contributed by atoms with Gasteiger partial charge in [0.2, 0.25) is 0 Å². The van der Waals surface area contributed by atoms with Crippen molar-refractivity contribution in [3.05, 3.63) is 71.1 Å². The van der Waals surface area contributed by atoms with E-state index in [1.165, 1.54) is 18.2 Å². The van der Waals surface area contributed by atoms with E-state index >= 15 is 0 Å². The van der Waals surface area contributed by atoms with Crippen LogP contribution in [0.3, 0.4) is 0 Å². The van der Waals surface area contributed by atoms with E-state index in [4.69, 9.17) is 0 Å². The van der Waals surface area contributed by atoms with Gasteiger partial charge in [0.1, 0.15) is 5.82 Å². The van der Waals surface area contributed by atoms with Gasteiger partial charge < -0.3 is 0 Å². The summed E-state index contributed by atoms with van der Waals surface area (Å²) in [5.41, 5.74) is 1.53. The summed E-state index contributed by atoms with van der Waals surface area (Å²) in [6.45, 7) is 0. The van der Waals surface area contributed by atoms with Crippen molar-refractivity contribution in [2.75, 3.05) is 0 Å². The molecule has 0 radical (unpaired) electrons. The van der Waals surface area contributed by atoms with Crippen LogP contribution in [-0.4, -0.2) is 15.6 Å². The van der Waals surface area contributed by atoms with Gasteiger partial charge in [0, 0.05) is 23.0 Å². The number of hydrogen-bond acceptors (Lipinski definition) is 3. The molecule has 0 amide bonds. The molecule has 3 rings (SSSR count). The first-order chi connectivity index (χ1) is 10.6. The third-order valence-electron chi connectivity index (χ3n) is 3.14. The third kappa shape index (κ3) is 3.20. The Morgan fingerprint density at radius 2 is 2.00 bits per heavy atom. The quantitative estimate of drug-likeness (QED) is 0.535. The molecule has 0 saturated heterocycles. The third-order valence-corrected chi connectivity index (χ3v) is 4.24. The highest BCUT2D eigenvalue weighted by atomic mass is 32.1. The average molecular weight is 312 g/mol. The molecule has 2 heterocycles. The zero-order valence-electron chi connectivity index (χ0n) is 11.9. The molecule has 0 N–H and O–H groups in total. The Morgan fingerprint density at radius 3 is 2.68 bits per heavy atom. The van der Waals surface area contributed by atoms with Crippen LogP contribution in [0.15, 0.2) is 54.9 Å². The van der Waals surface area contributed by atoms with Gasteiger partial charge in [0.15, 0.2) is 5.78 Å². The SMILES string of the molecule is Cn1cc(C(=O)/C=C/c2ccc(-c3ccc(F)cc3)s2)cn1. The van der Waals surface area contributed by atoms with Crippen molar-refractivity contribution in [1.82, 2.24) is 9.78 Å². The predicted octanol–water partition coefficient (Wildman–Crippen LogP) is 4.18. The Bertz CT molecular complexity index is 830. The number of aryl methyl sites for hydroxylation is 1. The van der Waals surface area contributed by atoms with Crippen LogP contribution >= 0.6 is 11.3 Å². The van der Waals surface area contributed by atoms with Crippen molar-refractivity contribution < 1.29 is 9.18 Å². The summed E-state index contributed by atoms with van der Waals surface area (Å²) in [7, 11) is 1.77. The molecular weight excluding hydrogens is 299 g/mol. The lowest BCUT2D eigenvalue weighted by atomic mass is 10.2. The van der Waals surface area contributed by atoms with Gasteiger partial charge in [-0.05, 0) is 42.0 Å². The van der Waals surface area contributed by atoms with E-state index in [0.717, 1.165) is 15.3 Å². The minimum atomic E-state index is -0.248. The summed E-state index contributed by atoms with van der Waals surface area (Å²) in [5, 5.41) is 3.98. The first-order valence-corrected chi connectivity index (χ1v) is 7.50. The van der Waals surface area contributed by atoms with Gasteiger partial charge in [-0.3, -0.25) is 9.48 Å². The zero-order chi connectivity index (χ0) is 15.5. The second-order valence-corrected chi connectivity index (χ2v) is 5.92. The minimum Gasteiger partial charge on any atom is -0.289 e. The van der Waals surface area contributed by atoms with Crippen molar-refractivity contribution in [3.63, 3.8) is 0 Å². The van der Waals surface area contributed by atoms with Crippen molar-refractivity contribution in [3.8, 4) is 10.4 Å². The van der Waals surface area contributed by atoms with E-state index in [9.17, 15) is 9.18 Å². The van der Waals surface area contributed by atoms with Crippen molar-refractivity contribution in [1.29, 1.82) is 0 Å². The number of rotatable bonds is 4. The first-order valence-electron chi connectivity index (χ1n) is 6.69. The smallest absolute Gasteiger partial charge is 0.189 e. The summed E-state index contributed by atoms with van der Waals surface area (Å²) in [6.07, 6.45) is 6.56. The molecule has 0 saturated carbocycles. The lowest BCUT2D eigenvalue weighted by Gasteiger charge is -1.95. The van der Waals surface area contributed by atoms with Crippen LogP contribution in [0.5, 0.6) is 0 Å². The molecule has 22 heavy (non-hydrogen) atoms. The number of halogens is 1. The average Bonchev–Trinajstić information content (AvgIpc) is 3.15. The summed E-state index contributed by atoms with van der Waals surface area (Å²) in [5.74, 6) is -0.327. The normalized spacial score (nSPS) is 11.2. The lowest BCUT2D eigenvalue weighted by molar-refractivity contribution is 0.104. The van der Waals surface area contributed by atoms with Gasteiger partial charge in [-0.15, -0.1) is 11.3 Å². The van der Waals surface area contributed by atoms with Crippen LogP contribution in [0, 0.1) is 5.82 Å². The maximum absolute atomic E-state index is 12.9. The van der Waals surface area contributed by atoms with Gasteiger partial charge in [-0.2, -0.15) is 5.10 Å². The number of hydrogen-bond donors (Lipinski definition) is 0. The van der Waals surface area contributed by atoms with Crippen LogP contribution in [0.1, 0.15) is 15.2 Å². The lowest BCUT2D eigenvalue weighted by Crippen LogP contribution is -1.91. The van der Waals surface area contributed by atoms with Crippen molar-refractivity contribution in [2.24, 2.45) is 7.05 Å². The monoisotopic (exact) mass is 312 g/mol. The summed E-state index contributed by atoms with van der Waals surface area (Å²) < 4.78 is 14.5. The number of ketones is 1. The summed E-state index contributed by atoms with van der Waals surface area (Å²) in [6, 6.07) is 10.3. The molecule has 0 aliphatic carbocycles. The van der Waals surface area contributed by atoms with E-state index in [1.54, 1.807) is 53.7 Å². The molecule has 0 aliphatic rings. The number of allylic oxidation sites excluding steroid dienone is 1. The molecule has 3 nitrogen and oxygen atoms in total. The second-order valence-electron chi connectivity index (χ2n) is 4.81. The molecule has 0 atom stereocenters. The zero-order valence-corrected chi connectivity index (χ0v) is 12.7. The molecule has 0 unspecified atom stereocenters. The molecule has 0 fully saturated rings. The van der Waals surface area contributed by atoms with E-state index in [0.29, 0.717) is 5.56 Å². The standard InChI is InChI=1S/C17H13FN2OS/c1-20-11-13(10-19-20)16(21)8-6-15-7-9-17(22-15)12-2-4-14(18)5-3-12/h2-11H,1H3/b8-6+. The number of carbonyl (C=O) groups is 1. The molecule has 1 aromatic carbocycles. The Kier molecular flexibility index (Phi) is 3.98. The van der Waals surface area contributed by atoms with Gasteiger partial charge >= 0.3 is 0 Å². The van der Waals surface area contributed by atoms with Crippen LogP contribution in [-0.2, 0) is 7.05 Å². The summed E-state index contributed by atoms with van der Waals surface area (Å²) >= 11 is 1.55. The fourth-order valence-corrected chi connectivity index (χ4v) is 2.93. The molecule has 0 bridgehead atoms. The Balaban J connectivity index is 1.75. The molecule has 0 spiro atoms. The molecule has 3 aromatic rings. The minimum absolute atomic E-state index is 0.0789. The Morgan fingerprint density at radius 1 is 1.23 bits per heavy atom. The number of aromatic nitrogens is 2. The van der Waals surface area contributed by atoms with Gasteiger partial charge in [0.25, 0.3) is 0 Å². The maximum Gasteiger partial charge on any atom is 0.189 e. The van der Waals surface area contributed by atoms with Gasteiger partial charge in [0.05, 0.1) is 11.8 Å². The van der Waals surface area contributed by atoms with E-state index < -0.39 is 0 Å². The summed E-state index contributed by atoms with van der Waals surface area (Å²) in [4.78, 5) is 14.0. The highest BCUT2D eigenvalue weighted by Gasteiger charge is 2.05. The number of thiophene rings is 1. The van der Waals surface area contributed by atoms with Crippen molar-refractivity contribution >= 4 is 23.2 Å². The molecule has 110 valence electrons. The largest absolute Gasteiger partial charge is 0.289 e. The highest BCUT2D eigenvalue weighted by molar-refractivity contribution is 7.16. The van der Waals surface area contributed by atoms with E-state index in [2.05, 4.69) is 5.10 Å². The predicted molar refractivity (Wildman–Crippen MR) is 86.3 cm³/mol. The van der Waals surface area contributed by atoms with E-state index in [-0.39, 0.29) is 11.6 Å². The topological polar surface area (TPSA) is 34.9 Å². The van der Waals surface area contributed by atoms with Crippen LogP contribution < -0.4 is 0 Å². The van der Waals surface area contributed by atoms with Crippen molar-refractivity contribution in [2.45, 2.75) is 0 Å². The van der Waals surface area contributed by atoms with E-state index in [1.807, 2.05) is 12.1 Å². The fraction of sp³-hybridized carbons (Fsp3) is 0.0588. The Labute approximate surface area is 131 Å². The van der Waals surface area contributed by atoms with Crippen LogP contribution in [0.4, 0.5) is 4.39 Å². The Hall–Kier alpha value is -2.53. The van der Waals surface area contributed by atoms with Crippen LogP contribution in [0.25, 0.3) is 16.5 Å². The first kappa shape index (κ1) is 14.4.